The lowest BCUT2D eigenvalue weighted by Crippen LogP contribution is -2.27. The molecule has 0 spiro atoms. The molecule has 1 aliphatic heterocycles. The average Bonchev–Trinajstić information content (AvgIpc) is 3.47. The molecule has 0 fully saturated rings. The SMILES string of the molecule is CCc1nc2ccc3c(c2s1)CCN(CCCSc1nnc(-c2ocnc2C)n1C)CC3.Cl. The van der Waals surface area contributed by atoms with Gasteiger partial charge in [0, 0.05) is 25.9 Å². The molecule has 0 unspecified atom stereocenters. The highest BCUT2D eigenvalue weighted by atomic mass is 35.5. The zero-order valence-electron chi connectivity index (χ0n) is 19.2. The van der Waals surface area contributed by atoms with Crippen LogP contribution in [0.25, 0.3) is 21.8 Å². The molecule has 1 aliphatic rings. The fraction of sp³-hybridized carbons (Fsp3) is 0.478. The predicted molar refractivity (Wildman–Crippen MR) is 137 cm³/mol. The molecular formula is C23H29ClN6OS2. The van der Waals surface area contributed by atoms with Crippen molar-refractivity contribution in [1.29, 1.82) is 0 Å². The fourth-order valence-electron chi connectivity index (χ4n) is 4.28. The molecule has 0 aliphatic carbocycles. The van der Waals surface area contributed by atoms with E-state index in [1.54, 1.807) is 11.8 Å². The quantitative estimate of drug-likeness (QED) is 0.260. The summed E-state index contributed by atoms with van der Waals surface area (Å²) >= 11 is 3.64. The van der Waals surface area contributed by atoms with Gasteiger partial charge < -0.3 is 13.9 Å². The molecule has 10 heteroatoms. The lowest BCUT2D eigenvalue weighted by molar-refractivity contribution is 0.289. The van der Waals surface area contributed by atoms with Gasteiger partial charge in [-0.2, -0.15) is 0 Å². The van der Waals surface area contributed by atoms with Crippen molar-refractivity contribution in [2.45, 2.75) is 44.7 Å². The largest absolute Gasteiger partial charge is 0.440 e. The van der Waals surface area contributed by atoms with Crippen molar-refractivity contribution >= 4 is 45.7 Å². The molecule has 0 saturated carbocycles. The first kappa shape index (κ1) is 24.2. The molecular weight excluding hydrogens is 476 g/mol. The molecule has 0 saturated heterocycles. The molecule has 0 atom stereocenters. The Bertz CT molecular complexity index is 1230. The molecule has 4 aromatic rings. The third-order valence-electron chi connectivity index (χ3n) is 6.11. The van der Waals surface area contributed by atoms with Crippen LogP contribution in [0.5, 0.6) is 0 Å². The van der Waals surface area contributed by atoms with E-state index in [9.17, 15) is 0 Å². The molecule has 0 bridgehead atoms. The Hall–Kier alpha value is -1.94. The Balaban J connectivity index is 0.00000259. The van der Waals surface area contributed by atoms with Crippen molar-refractivity contribution in [2.24, 2.45) is 7.05 Å². The second-order valence-corrected chi connectivity index (χ2v) is 10.3. The smallest absolute Gasteiger partial charge is 0.202 e. The van der Waals surface area contributed by atoms with Gasteiger partial charge in [-0.15, -0.1) is 33.9 Å². The number of thiazole rings is 1. The fourth-order valence-corrected chi connectivity index (χ4v) is 6.22. The number of rotatable bonds is 7. The summed E-state index contributed by atoms with van der Waals surface area (Å²) in [5.74, 6) is 2.44. The van der Waals surface area contributed by atoms with Crippen molar-refractivity contribution < 1.29 is 4.42 Å². The number of aromatic nitrogens is 5. The van der Waals surface area contributed by atoms with Gasteiger partial charge in [0.15, 0.2) is 17.3 Å². The van der Waals surface area contributed by atoms with E-state index >= 15 is 0 Å². The van der Waals surface area contributed by atoms with E-state index in [0.717, 1.165) is 67.7 Å². The minimum atomic E-state index is 0. The third kappa shape index (κ3) is 4.96. The summed E-state index contributed by atoms with van der Waals surface area (Å²) in [7, 11) is 1.98. The summed E-state index contributed by atoms with van der Waals surface area (Å²) in [5.41, 5.74) is 5.06. The van der Waals surface area contributed by atoms with Crippen LogP contribution in [-0.2, 0) is 26.3 Å². The average molecular weight is 505 g/mol. The van der Waals surface area contributed by atoms with Crippen molar-refractivity contribution in [1.82, 2.24) is 29.6 Å². The number of nitrogens with zero attached hydrogens (tertiary/aromatic N) is 6. The molecule has 0 amide bonds. The Kier molecular flexibility index (Phi) is 7.73. The van der Waals surface area contributed by atoms with Crippen LogP contribution in [-0.4, -0.2) is 55.0 Å². The van der Waals surface area contributed by atoms with Gasteiger partial charge in [0.1, 0.15) is 0 Å². The Morgan fingerprint density at radius 3 is 2.82 bits per heavy atom. The zero-order chi connectivity index (χ0) is 22.1. The Labute approximate surface area is 208 Å². The minimum absolute atomic E-state index is 0. The van der Waals surface area contributed by atoms with E-state index in [2.05, 4.69) is 39.1 Å². The summed E-state index contributed by atoms with van der Waals surface area (Å²) in [6, 6.07) is 4.52. The van der Waals surface area contributed by atoms with E-state index in [-0.39, 0.29) is 12.4 Å². The molecule has 176 valence electrons. The number of hydrogen-bond acceptors (Lipinski definition) is 8. The van der Waals surface area contributed by atoms with E-state index in [1.165, 1.54) is 32.7 Å². The van der Waals surface area contributed by atoms with E-state index in [0.29, 0.717) is 5.76 Å². The van der Waals surface area contributed by atoms with Gasteiger partial charge in [0.05, 0.1) is 20.9 Å². The number of hydrogen-bond donors (Lipinski definition) is 0. The molecule has 33 heavy (non-hydrogen) atoms. The van der Waals surface area contributed by atoms with E-state index in [1.807, 2.05) is 29.9 Å². The van der Waals surface area contributed by atoms with Crippen LogP contribution in [0.4, 0.5) is 0 Å². The first-order chi connectivity index (χ1) is 15.6. The molecule has 5 rings (SSSR count). The Morgan fingerprint density at radius 2 is 2.03 bits per heavy atom. The van der Waals surface area contributed by atoms with Crippen LogP contribution in [0.1, 0.15) is 35.2 Å². The van der Waals surface area contributed by atoms with Crippen LogP contribution < -0.4 is 0 Å². The summed E-state index contributed by atoms with van der Waals surface area (Å²) in [5, 5.41) is 10.8. The highest BCUT2D eigenvalue weighted by Gasteiger charge is 2.19. The van der Waals surface area contributed by atoms with Crippen LogP contribution in [0.15, 0.2) is 28.1 Å². The molecule has 0 radical (unpaired) electrons. The molecule has 3 aromatic heterocycles. The zero-order valence-corrected chi connectivity index (χ0v) is 21.7. The maximum atomic E-state index is 5.47. The number of aryl methyl sites for hydroxylation is 2. The van der Waals surface area contributed by atoms with Crippen LogP contribution in [0.2, 0.25) is 0 Å². The molecule has 0 N–H and O–H groups in total. The standard InChI is InChI=1S/C23H28N6OS2.ClH/c1-4-19-25-18-7-6-16-8-11-29(12-9-17(16)21(18)32-19)10-5-13-31-23-27-26-22(28(23)3)20-15(2)24-14-30-20;/h6-7,14H,4-5,8-13H2,1-3H3;1H. The maximum absolute atomic E-state index is 5.47. The van der Waals surface area contributed by atoms with Gasteiger partial charge in [-0.1, -0.05) is 24.8 Å². The lowest BCUT2D eigenvalue weighted by atomic mass is 10.0. The molecule has 1 aromatic carbocycles. The van der Waals surface area contributed by atoms with E-state index in [4.69, 9.17) is 9.40 Å². The van der Waals surface area contributed by atoms with E-state index < -0.39 is 0 Å². The van der Waals surface area contributed by atoms with Gasteiger partial charge in [-0.05, 0) is 56.3 Å². The summed E-state index contributed by atoms with van der Waals surface area (Å²) in [6.45, 7) is 7.46. The third-order valence-corrected chi connectivity index (χ3v) is 8.49. The monoisotopic (exact) mass is 504 g/mol. The molecule has 4 heterocycles. The number of oxazole rings is 1. The van der Waals surface area contributed by atoms with Gasteiger partial charge in [-0.3, -0.25) is 0 Å². The van der Waals surface area contributed by atoms with Gasteiger partial charge in [0.25, 0.3) is 0 Å². The minimum Gasteiger partial charge on any atom is -0.440 e. The number of halogens is 1. The number of fused-ring (bicyclic) bond motifs is 3. The van der Waals surface area contributed by atoms with Crippen molar-refractivity contribution in [3.05, 3.63) is 40.4 Å². The highest BCUT2D eigenvalue weighted by molar-refractivity contribution is 7.99. The van der Waals surface area contributed by atoms with Crippen LogP contribution in [0, 0.1) is 6.92 Å². The van der Waals surface area contributed by atoms with Gasteiger partial charge >= 0.3 is 0 Å². The Morgan fingerprint density at radius 1 is 1.18 bits per heavy atom. The number of thioether (sulfide) groups is 1. The van der Waals surface area contributed by atoms with Gasteiger partial charge in [0.2, 0.25) is 5.82 Å². The predicted octanol–water partition coefficient (Wildman–Crippen LogP) is 4.96. The van der Waals surface area contributed by atoms with Gasteiger partial charge in [-0.25, -0.2) is 9.97 Å². The summed E-state index contributed by atoms with van der Waals surface area (Å²) < 4.78 is 8.87. The molecule has 7 nitrogen and oxygen atoms in total. The number of benzene rings is 1. The highest BCUT2D eigenvalue weighted by Crippen LogP contribution is 2.31. The first-order valence-electron chi connectivity index (χ1n) is 11.2. The topological polar surface area (TPSA) is 72.9 Å². The summed E-state index contributed by atoms with van der Waals surface area (Å²) in [6.07, 6.45) is 5.84. The normalized spacial score (nSPS) is 14.3. The van der Waals surface area contributed by atoms with Crippen molar-refractivity contribution in [3.8, 4) is 11.6 Å². The maximum Gasteiger partial charge on any atom is 0.202 e. The first-order valence-corrected chi connectivity index (χ1v) is 13.0. The van der Waals surface area contributed by atoms with Crippen molar-refractivity contribution in [2.75, 3.05) is 25.4 Å². The lowest BCUT2D eigenvalue weighted by Gasteiger charge is -2.19. The second-order valence-electron chi connectivity index (χ2n) is 8.19. The van der Waals surface area contributed by atoms with Crippen LogP contribution in [0.3, 0.4) is 0 Å². The van der Waals surface area contributed by atoms with Crippen molar-refractivity contribution in [3.63, 3.8) is 0 Å². The second kappa shape index (κ2) is 10.5. The summed E-state index contributed by atoms with van der Waals surface area (Å²) in [4.78, 5) is 11.5. The van der Waals surface area contributed by atoms with Crippen LogP contribution >= 0.6 is 35.5 Å².